The molecule has 0 aliphatic heterocycles. The van der Waals surface area contributed by atoms with Gasteiger partial charge in [-0.2, -0.15) is 7.82 Å². The fourth-order valence-electron chi connectivity index (χ4n) is 10.6. The van der Waals surface area contributed by atoms with Crippen LogP contribution in [-0.2, 0) is 47.4 Å². The summed E-state index contributed by atoms with van der Waals surface area (Å²) in [7, 11) is 14.2. The second-order valence-electron chi connectivity index (χ2n) is 31.2. The average Bonchev–Trinajstić information content (AvgIpc) is 1.84. The molecule has 0 N–H and O–H groups in total. The van der Waals surface area contributed by atoms with Crippen LogP contribution in [0.4, 0.5) is 0 Å². The summed E-state index contributed by atoms with van der Waals surface area (Å²) < 4.78 is 44.3. The van der Waals surface area contributed by atoms with Crippen LogP contribution in [0.15, 0.2) is 36.5 Å². The Balaban J connectivity index is -0.000000674. The Labute approximate surface area is 625 Å². The smallest absolute Gasteiger partial charge is 0.305 e. The zero-order valence-electron chi connectivity index (χ0n) is 68.6. The number of carbonyl (C=O) groups is 3. The van der Waals surface area contributed by atoms with Crippen molar-refractivity contribution in [2.75, 3.05) is 143 Å². The first-order chi connectivity index (χ1) is 48.4. The molecule has 0 rings (SSSR count). The summed E-state index contributed by atoms with van der Waals surface area (Å²) in [5.74, 6) is -0.0783. The van der Waals surface area contributed by atoms with Gasteiger partial charge in [0.25, 0.3) is 0 Å². The Bertz CT molecular complexity index is 1650. The van der Waals surface area contributed by atoms with Gasteiger partial charge in [0.2, 0.25) is 0 Å². The monoisotopic (exact) mass is 1460 g/mol. The molecule has 0 fully saturated rings. The van der Waals surface area contributed by atoms with Crippen molar-refractivity contribution < 1.29 is 75.5 Å². The molecule has 101 heavy (non-hydrogen) atoms. The van der Waals surface area contributed by atoms with Crippen molar-refractivity contribution in [2.24, 2.45) is 0 Å². The lowest BCUT2D eigenvalue weighted by Gasteiger charge is -2.36. The number of quaternary nitrogens is 3. The van der Waals surface area contributed by atoms with Crippen molar-refractivity contribution >= 4 is 25.7 Å². The zero-order chi connectivity index (χ0) is 75.8. The van der Waals surface area contributed by atoms with Gasteiger partial charge in [0.05, 0.1) is 103 Å². The third-order valence-electron chi connectivity index (χ3n) is 17.2. The molecule has 0 heterocycles. The molecule has 0 saturated heterocycles. The zero-order valence-corrected chi connectivity index (χ0v) is 69.5. The van der Waals surface area contributed by atoms with Crippen LogP contribution in [0.3, 0.4) is 0 Å². The number of hydrogen-bond acceptors (Lipinski definition) is 13. The lowest BCUT2D eigenvalue weighted by Crippen LogP contribution is -2.37. The largest absolute Gasteiger partial charge is 0.822 e. The molecule has 0 aromatic rings. The highest BCUT2D eigenvalue weighted by molar-refractivity contribution is 7.40. The Hall–Kier alpha value is -2.50. The van der Waals surface area contributed by atoms with E-state index in [-0.39, 0.29) is 17.9 Å². The maximum Gasteiger partial charge on any atom is 0.305 e. The van der Waals surface area contributed by atoms with Crippen LogP contribution in [0.25, 0.3) is 0 Å². The quantitative estimate of drug-likeness (QED) is 0.0140. The fraction of sp³-hybridized carbons (Fsp3) is 0.893. The molecule has 0 atom stereocenters. The summed E-state index contributed by atoms with van der Waals surface area (Å²) in [5.41, 5.74) is 0. The van der Waals surface area contributed by atoms with E-state index in [1.165, 1.54) is 212 Å². The second kappa shape index (κ2) is 81.6. The highest BCUT2D eigenvalue weighted by Crippen LogP contribution is 2.15. The first-order valence-electron chi connectivity index (χ1n) is 41.7. The first-order valence-corrected chi connectivity index (χ1v) is 43.1. The molecule has 17 heteroatoms. The minimum absolute atomic E-state index is 0.0261. The van der Waals surface area contributed by atoms with Crippen LogP contribution in [0.5, 0.6) is 0 Å². The summed E-state index contributed by atoms with van der Waals surface area (Å²) in [6, 6.07) is 0. The van der Waals surface area contributed by atoms with Crippen LogP contribution in [0, 0.1) is 0 Å². The number of nitrogens with zero attached hydrogens (tertiary/aromatic N) is 3. The van der Waals surface area contributed by atoms with E-state index in [1.54, 1.807) is 0 Å². The average molecular weight is 1460 g/mol. The van der Waals surface area contributed by atoms with Gasteiger partial charge in [0.1, 0.15) is 19.6 Å². The third kappa shape index (κ3) is 116. The molecule has 0 radical (unpaired) electrons. The lowest BCUT2D eigenvalue weighted by atomic mass is 10.1. The van der Waals surface area contributed by atoms with Gasteiger partial charge in [-0.05, 0) is 154 Å². The lowest BCUT2D eigenvalue weighted by molar-refractivity contribution is -0.870. The van der Waals surface area contributed by atoms with E-state index < -0.39 is 7.82 Å². The second-order valence-corrected chi connectivity index (χ2v) is 32.1. The standard InChI is InChI=1S/3C28H56NO3.H3O4P/c3*1-5-6-7-8-9-10-11-12-13-14-15-16-17-18-20-23-28(30)32-26-22-19-21-25-31-27-24-29(2,3)4;1-5(2,3)4/h3*12-13H,5-11,14-27H2,1-4H3;(H3,1,2,3,4)/q3*+1;/p-3/b3*13-12-;. The van der Waals surface area contributed by atoms with Crippen molar-refractivity contribution in [1.82, 2.24) is 0 Å². The van der Waals surface area contributed by atoms with Gasteiger partial charge in [-0.3, -0.25) is 14.4 Å². The molecule has 0 saturated carbocycles. The van der Waals surface area contributed by atoms with Crippen LogP contribution in [-0.4, -0.2) is 174 Å². The normalized spacial score (nSPS) is 12.0. The van der Waals surface area contributed by atoms with Gasteiger partial charge in [0.15, 0.2) is 0 Å². The Kier molecular flexibility index (Phi) is 84.7. The molecule has 0 aliphatic rings. The van der Waals surface area contributed by atoms with Gasteiger partial charge >= 0.3 is 17.9 Å². The van der Waals surface area contributed by atoms with Gasteiger partial charge < -0.3 is 61.1 Å². The van der Waals surface area contributed by atoms with Crippen LogP contribution in [0.2, 0.25) is 0 Å². The summed E-state index contributed by atoms with van der Waals surface area (Å²) in [5, 5.41) is 0. The van der Waals surface area contributed by atoms with E-state index >= 15 is 0 Å². The van der Waals surface area contributed by atoms with E-state index in [0.29, 0.717) is 39.1 Å². The number of rotatable bonds is 72. The number of hydrogen-bond donors (Lipinski definition) is 0. The first kappa shape index (κ1) is 105. The summed E-state index contributed by atoms with van der Waals surface area (Å²) >= 11 is 0. The van der Waals surface area contributed by atoms with Gasteiger partial charge in [0, 0.05) is 39.1 Å². The van der Waals surface area contributed by atoms with Crippen LogP contribution < -0.4 is 14.7 Å². The molecular weight excluding hydrogens is 1290 g/mol. The van der Waals surface area contributed by atoms with Crippen molar-refractivity contribution in [3.63, 3.8) is 0 Å². The van der Waals surface area contributed by atoms with Crippen molar-refractivity contribution in [2.45, 2.75) is 348 Å². The number of likely N-dealkylation sites (N-methyl/N-ethyl adjacent to an activating group) is 3. The number of allylic oxidation sites excluding steroid dienone is 6. The van der Waals surface area contributed by atoms with E-state index in [1.807, 2.05) is 0 Å². The van der Waals surface area contributed by atoms with Gasteiger partial charge in [-0.1, -0.05) is 211 Å². The molecule has 0 bridgehead atoms. The van der Waals surface area contributed by atoms with Gasteiger partial charge in [-0.25, -0.2) is 0 Å². The Morgan fingerprint density at radius 1 is 0.257 bits per heavy atom. The Morgan fingerprint density at radius 3 is 0.624 bits per heavy atom. The maximum atomic E-state index is 11.8. The van der Waals surface area contributed by atoms with Gasteiger partial charge in [-0.15, -0.1) is 0 Å². The number of esters is 3. The Morgan fingerprint density at radius 2 is 0.426 bits per heavy atom. The topological polar surface area (TPSA) is 193 Å². The molecular formula is C84H168N3O13P. The van der Waals surface area contributed by atoms with Crippen LogP contribution >= 0.6 is 7.82 Å². The maximum absolute atomic E-state index is 11.8. The van der Waals surface area contributed by atoms with E-state index in [4.69, 9.17) is 47.7 Å². The molecule has 0 unspecified atom stereocenters. The molecule has 0 amide bonds. The molecule has 0 aromatic carbocycles. The molecule has 0 aromatic heterocycles. The minimum Gasteiger partial charge on any atom is -0.822 e. The molecule has 0 aliphatic carbocycles. The van der Waals surface area contributed by atoms with E-state index in [0.717, 1.165) is 169 Å². The fourth-order valence-corrected chi connectivity index (χ4v) is 10.6. The highest BCUT2D eigenvalue weighted by atomic mass is 31.2. The number of ether oxygens (including phenoxy) is 6. The van der Waals surface area contributed by atoms with Crippen LogP contribution in [0.1, 0.15) is 348 Å². The van der Waals surface area contributed by atoms with Crippen molar-refractivity contribution in [1.29, 1.82) is 0 Å². The summed E-state index contributed by atoms with van der Waals surface area (Å²) in [4.78, 5) is 61.0. The third-order valence-corrected chi connectivity index (χ3v) is 17.2. The predicted octanol–water partition coefficient (Wildman–Crippen LogP) is 19.6. The molecule has 602 valence electrons. The minimum atomic E-state index is -5.39. The molecule has 0 spiro atoms. The predicted molar refractivity (Wildman–Crippen MR) is 422 cm³/mol. The molecule has 16 nitrogen and oxygen atoms in total. The van der Waals surface area contributed by atoms with Crippen molar-refractivity contribution in [3.05, 3.63) is 36.5 Å². The highest BCUT2D eigenvalue weighted by Gasteiger charge is 2.10. The SMILES string of the molecule is CCCCCCCC/C=C\CCCCCCCC(=O)OCCCCCOCC[N+](C)(C)C.CCCCCCCC/C=C\CCCCCCCC(=O)OCCCCCOCC[N+](C)(C)C.CCCCCCCC/C=C\CCCCCCCC(=O)OCCCCCOCC[N+](C)(C)C.O=P([O-])([O-])[O-]. The van der Waals surface area contributed by atoms with Crippen molar-refractivity contribution in [3.8, 4) is 0 Å². The number of phosphoric acid groups is 1. The van der Waals surface area contributed by atoms with E-state index in [2.05, 4.69) is 121 Å². The summed E-state index contributed by atoms with van der Waals surface area (Å²) in [6.07, 6.45) is 74.9. The summed E-state index contributed by atoms with van der Waals surface area (Å²) in [6.45, 7) is 16.5. The number of carbonyl (C=O) groups excluding carboxylic acids is 3. The number of unbranched alkanes of at least 4 members (excludes halogenated alkanes) is 39. The van der Waals surface area contributed by atoms with E-state index in [9.17, 15) is 14.4 Å².